The minimum atomic E-state index is -0.165. The van der Waals surface area contributed by atoms with E-state index < -0.39 is 0 Å². The molecule has 0 saturated heterocycles. The number of rotatable bonds is 11. The zero-order valence-corrected chi connectivity index (χ0v) is 19.9. The summed E-state index contributed by atoms with van der Waals surface area (Å²) in [5, 5.41) is 2.95. The van der Waals surface area contributed by atoms with Crippen molar-refractivity contribution in [2.45, 2.75) is 45.6 Å². The molecule has 0 atom stereocenters. The van der Waals surface area contributed by atoms with Crippen LogP contribution in [0.4, 0.5) is 0 Å². The number of ether oxygens (including phenoxy) is 1. The smallest absolute Gasteiger partial charge is 0.269 e. The molecule has 0 saturated carbocycles. The summed E-state index contributed by atoms with van der Waals surface area (Å²) in [5.74, 6) is 2.26. The highest BCUT2D eigenvalue weighted by molar-refractivity contribution is 5.92. The van der Waals surface area contributed by atoms with E-state index in [4.69, 9.17) is 9.72 Å². The summed E-state index contributed by atoms with van der Waals surface area (Å²) < 4.78 is 8.20. The van der Waals surface area contributed by atoms with Gasteiger partial charge in [-0.15, -0.1) is 0 Å². The fourth-order valence-corrected chi connectivity index (χ4v) is 3.95. The Bertz CT molecular complexity index is 1200. The van der Waals surface area contributed by atoms with Crippen LogP contribution < -0.4 is 10.1 Å². The van der Waals surface area contributed by atoms with Gasteiger partial charge in [-0.2, -0.15) is 0 Å². The Morgan fingerprint density at radius 3 is 2.56 bits per heavy atom. The van der Waals surface area contributed by atoms with Gasteiger partial charge in [-0.25, -0.2) is 4.98 Å². The normalized spacial score (nSPS) is 11.1. The maximum Gasteiger partial charge on any atom is 0.269 e. The lowest BCUT2D eigenvalue weighted by atomic mass is 10.0. The van der Waals surface area contributed by atoms with Gasteiger partial charge in [0.2, 0.25) is 0 Å². The molecule has 0 aliphatic carbocycles. The molecule has 2 heterocycles. The molecule has 0 fully saturated rings. The van der Waals surface area contributed by atoms with E-state index in [1.165, 1.54) is 5.56 Å². The summed E-state index contributed by atoms with van der Waals surface area (Å²) in [5.41, 5.74) is 3.85. The van der Waals surface area contributed by atoms with Gasteiger partial charge in [0, 0.05) is 25.7 Å². The second-order valence-electron chi connectivity index (χ2n) is 8.67. The number of fused-ring (bicyclic) bond motifs is 1. The molecule has 1 N–H and O–H groups in total. The van der Waals surface area contributed by atoms with E-state index in [0.717, 1.165) is 42.0 Å². The molecule has 0 spiro atoms. The Balaban J connectivity index is 1.30. The zero-order chi connectivity index (χ0) is 23.8. The van der Waals surface area contributed by atoms with Gasteiger partial charge in [0.05, 0.1) is 17.6 Å². The van der Waals surface area contributed by atoms with Crippen molar-refractivity contribution < 1.29 is 9.53 Å². The molecule has 6 nitrogen and oxygen atoms in total. The number of carbonyl (C=O) groups excluding carboxylic acids is 1. The van der Waals surface area contributed by atoms with Gasteiger partial charge in [-0.3, -0.25) is 9.78 Å². The predicted octanol–water partition coefficient (Wildman–Crippen LogP) is 5.39. The van der Waals surface area contributed by atoms with Crippen LogP contribution in [0.15, 0.2) is 72.9 Å². The second kappa shape index (κ2) is 11.5. The number of nitrogens with one attached hydrogen (secondary N) is 1. The number of hydrogen-bond donors (Lipinski definition) is 1. The third-order valence-corrected chi connectivity index (χ3v) is 5.86. The summed E-state index contributed by atoms with van der Waals surface area (Å²) in [6, 6.07) is 21.9. The Morgan fingerprint density at radius 1 is 1.00 bits per heavy atom. The monoisotopic (exact) mass is 456 g/mol. The van der Waals surface area contributed by atoms with Gasteiger partial charge in [0.15, 0.2) is 0 Å². The van der Waals surface area contributed by atoms with E-state index in [-0.39, 0.29) is 5.91 Å². The lowest BCUT2D eigenvalue weighted by Crippen LogP contribution is -2.27. The number of carbonyl (C=O) groups is 1. The number of nitrogens with zero attached hydrogens (tertiary/aromatic N) is 3. The Labute approximate surface area is 201 Å². The molecule has 0 aliphatic heterocycles. The summed E-state index contributed by atoms with van der Waals surface area (Å²) in [6.45, 7) is 6.44. The maximum atomic E-state index is 12.3. The molecule has 34 heavy (non-hydrogen) atoms. The Hall–Kier alpha value is -3.67. The lowest BCUT2D eigenvalue weighted by molar-refractivity contribution is 0.0949. The number of amides is 1. The van der Waals surface area contributed by atoms with Crippen molar-refractivity contribution >= 4 is 16.9 Å². The predicted molar refractivity (Wildman–Crippen MR) is 135 cm³/mol. The van der Waals surface area contributed by atoms with Crippen molar-refractivity contribution in [1.82, 2.24) is 19.9 Å². The van der Waals surface area contributed by atoms with Crippen LogP contribution in [0, 0.1) is 0 Å². The van der Waals surface area contributed by atoms with Crippen LogP contribution in [-0.2, 0) is 13.0 Å². The number of pyridine rings is 1. The van der Waals surface area contributed by atoms with Crippen LogP contribution in [0.1, 0.15) is 54.5 Å². The van der Waals surface area contributed by atoms with Gasteiger partial charge in [0.1, 0.15) is 17.3 Å². The average molecular weight is 457 g/mol. The van der Waals surface area contributed by atoms with E-state index in [9.17, 15) is 4.79 Å². The van der Waals surface area contributed by atoms with E-state index >= 15 is 0 Å². The van der Waals surface area contributed by atoms with E-state index in [0.29, 0.717) is 31.2 Å². The second-order valence-corrected chi connectivity index (χ2v) is 8.67. The van der Waals surface area contributed by atoms with E-state index in [1.54, 1.807) is 18.3 Å². The van der Waals surface area contributed by atoms with E-state index in [1.807, 2.05) is 24.3 Å². The summed E-state index contributed by atoms with van der Waals surface area (Å²) in [4.78, 5) is 21.2. The number of imidazole rings is 1. The molecular weight excluding hydrogens is 424 g/mol. The quantitative estimate of drug-likeness (QED) is 0.307. The van der Waals surface area contributed by atoms with Crippen LogP contribution in [0.3, 0.4) is 0 Å². The SMILES string of the molecule is CC(C)c1ccc(OCCCCn2c(CCNC(=O)c3ccccn3)nc3ccccc32)cc1. The molecule has 176 valence electrons. The van der Waals surface area contributed by atoms with Gasteiger partial charge in [-0.1, -0.05) is 44.2 Å². The number of unbranched alkanes of at least 4 members (excludes halogenated alkanes) is 1. The van der Waals surface area contributed by atoms with Crippen molar-refractivity contribution in [2.75, 3.05) is 13.2 Å². The molecule has 4 aromatic rings. The van der Waals surface area contributed by atoms with Crippen LogP contribution in [0.5, 0.6) is 5.75 Å². The molecule has 0 bridgehead atoms. The fraction of sp³-hybridized carbons (Fsp3) is 0.321. The maximum absolute atomic E-state index is 12.3. The first kappa shape index (κ1) is 23.5. The first-order chi connectivity index (χ1) is 16.6. The Kier molecular flexibility index (Phi) is 7.91. The lowest BCUT2D eigenvalue weighted by Gasteiger charge is -2.11. The molecule has 0 radical (unpaired) electrons. The summed E-state index contributed by atoms with van der Waals surface area (Å²) in [7, 11) is 0. The van der Waals surface area contributed by atoms with Crippen molar-refractivity contribution in [2.24, 2.45) is 0 Å². The first-order valence-corrected chi connectivity index (χ1v) is 12.0. The number of hydrogen-bond acceptors (Lipinski definition) is 4. The third kappa shape index (κ3) is 6.01. The molecule has 0 aliphatic rings. The van der Waals surface area contributed by atoms with Crippen LogP contribution >= 0.6 is 0 Å². The van der Waals surface area contributed by atoms with Crippen molar-refractivity contribution in [3.8, 4) is 5.75 Å². The highest BCUT2D eigenvalue weighted by atomic mass is 16.5. The highest BCUT2D eigenvalue weighted by Crippen LogP contribution is 2.20. The molecule has 2 aromatic heterocycles. The number of aryl methyl sites for hydroxylation is 1. The van der Waals surface area contributed by atoms with Crippen LogP contribution in [0.2, 0.25) is 0 Å². The highest BCUT2D eigenvalue weighted by Gasteiger charge is 2.12. The third-order valence-electron chi connectivity index (χ3n) is 5.86. The van der Waals surface area contributed by atoms with Gasteiger partial charge >= 0.3 is 0 Å². The molecule has 2 aromatic carbocycles. The zero-order valence-electron chi connectivity index (χ0n) is 19.9. The Morgan fingerprint density at radius 2 is 1.79 bits per heavy atom. The van der Waals surface area contributed by atoms with Crippen molar-refractivity contribution in [1.29, 1.82) is 0 Å². The summed E-state index contributed by atoms with van der Waals surface area (Å²) in [6.07, 6.45) is 4.22. The van der Waals surface area contributed by atoms with Gasteiger partial charge in [-0.05, 0) is 60.7 Å². The average Bonchev–Trinajstić information content (AvgIpc) is 3.22. The molecule has 0 unspecified atom stereocenters. The van der Waals surface area contributed by atoms with Crippen molar-refractivity contribution in [3.63, 3.8) is 0 Å². The van der Waals surface area contributed by atoms with Crippen LogP contribution in [0.25, 0.3) is 11.0 Å². The summed E-state index contributed by atoms with van der Waals surface area (Å²) >= 11 is 0. The van der Waals surface area contributed by atoms with E-state index in [2.05, 4.69) is 59.0 Å². The fourth-order valence-electron chi connectivity index (χ4n) is 3.95. The molecular formula is C28H32N4O2. The number of benzene rings is 2. The standard InChI is InChI=1S/C28H32N4O2/c1-21(2)22-12-14-23(15-13-22)34-20-8-7-19-32-26-11-4-3-9-24(26)31-27(32)16-18-30-28(33)25-10-5-6-17-29-25/h3-6,9-15,17,21H,7-8,16,18-20H2,1-2H3,(H,30,33). The largest absolute Gasteiger partial charge is 0.494 e. The van der Waals surface area contributed by atoms with Gasteiger partial charge in [0.25, 0.3) is 5.91 Å². The number of aromatic nitrogens is 3. The molecule has 4 rings (SSSR count). The number of para-hydroxylation sites is 2. The molecule has 1 amide bonds. The first-order valence-electron chi connectivity index (χ1n) is 12.0. The molecule has 6 heteroatoms. The van der Waals surface area contributed by atoms with Gasteiger partial charge < -0.3 is 14.6 Å². The topological polar surface area (TPSA) is 69.0 Å². The van der Waals surface area contributed by atoms with Crippen molar-refractivity contribution in [3.05, 3.63) is 90.0 Å². The minimum Gasteiger partial charge on any atom is -0.494 e. The minimum absolute atomic E-state index is 0.165. The van der Waals surface area contributed by atoms with Crippen LogP contribution in [-0.4, -0.2) is 33.6 Å².